The highest BCUT2D eigenvalue weighted by Crippen LogP contribution is 2.19. The summed E-state index contributed by atoms with van der Waals surface area (Å²) in [6.45, 7) is 2.07. The Hall–Kier alpha value is -2.08. The van der Waals surface area contributed by atoms with Gasteiger partial charge >= 0.3 is 0 Å². The van der Waals surface area contributed by atoms with Crippen LogP contribution in [0.3, 0.4) is 0 Å². The van der Waals surface area contributed by atoms with Crippen LogP contribution < -0.4 is 5.01 Å². The third-order valence-electron chi connectivity index (χ3n) is 2.31. The number of nitrogens with zero attached hydrogens (tertiary/aromatic N) is 3. The van der Waals surface area contributed by atoms with Gasteiger partial charge in [-0.05, 0) is 37.3 Å². The second-order valence-electron chi connectivity index (χ2n) is 3.39. The average molecular weight is 197 g/mol. The van der Waals surface area contributed by atoms with Gasteiger partial charge in [-0.1, -0.05) is 6.08 Å². The molecule has 3 nitrogen and oxygen atoms in total. The van der Waals surface area contributed by atoms with Gasteiger partial charge in [0.15, 0.2) is 0 Å². The predicted octanol–water partition coefficient (Wildman–Crippen LogP) is 2.31. The van der Waals surface area contributed by atoms with Crippen LogP contribution in [0.2, 0.25) is 0 Å². The molecule has 0 fully saturated rings. The summed E-state index contributed by atoms with van der Waals surface area (Å²) >= 11 is 0. The van der Waals surface area contributed by atoms with E-state index < -0.39 is 0 Å². The summed E-state index contributed by atoms with van der Waals surface area (Å²) in [5.74, 6) is 0. The first-order valence-electron chi connectivity index (χ1n) is 4.81. The molecule has 0 radical (unpaired) electrons. The fourth-order valence-corrected chi connectivity index (χ4v) is 1.50. The maximum atomic E-state index is 8.69. The molecule has 15 heavy (non-hydrogen) atoms. The van der Waals surface area contributed by atoms with Gasteiger partial charge in [-0.3, -0.25) is 5.01 Å². The summed E-state index contributed by atoms with van der Waals surface area (Å²) in [5, 5.41) is 14.9. The standard InChI is InChI=1S/C12H11N3/c1-10-3-2-8-14-15(10)12-6-4-11(9-13)5-7-12/h2-8,10H,1H3. The van der Waals surface area contributed by atoms with Crippen molar-refractivity contribution in [1.29, 1.82) is 5.26 Å². The summed E-state index contributed by atoms with van der Waals surface area (Å²) in [6.07, 6.45) is 5.77. The molecule has 0 amide bonds. The van der Waals surface area contributed by atoms with Gasteiger partial charge in [0.2, 0.25) is 0 Å². The lowest BCUT2D eigenvalue weighted by Crippen LogP contribution is -2.27. The van der Waals surface area contributed by atoms with Crippen molar-refractivity contribution in [3.05, 3.63) is 42.0 Å². The molecular formula is C12H11N3. The lowest BCUT2D eigenvalue weighted by Gasteiger charge is -2.25. The Bertz CT molecular complexity index is 437. The Morgan fingerprint density at radius 1 is 1.33 bits per heavy atom. The molecule has 1 unspecified atom stereocenters. The quantitative estimate of drug-likeness (QED) is 0.693. The predicted molar refractivity (Wildman–Crippen MR) is 60.7 cm³/mol. The molecule has 74 valence electrons. The molecule has 1 atom stereocenters. The third-order valence-corrected chi connectivity index (χ3v) is 2.31. The van der Waals surface area contributed by atoms with E-state index in [1.165, 1.54) is 0 Å². The molecule has 3 heteroatoms. The Morgan fingerprint density at radius 3 is 2.67 bits per heavy atom. The molecule has 0 aromatic heterocycles. The summed E-state index contributed by atoms with van der Waals surface area (Å²) in [4.78, 5) is 0. The largest absolute Gasteiger partial charge is 0.259 e. The minimum atomic E-state index is 0.253. The molecule has 0 saturated heterocycles. The van der Waals surface area contributed by atoms with Gasteiger partial charge < -0.3 is 0 Å². The summed E-state index contributed by atoms with van der Waals surface area (Å²) in [5.41, 5.74) is 1.67. The smallest absolute Gasteiger partial charge is 0.0991 e. The zero-order valence-corrected chi connectivity index (χ0v) is 8.46. The van der Waals surface area contributed by atoms with Crippen LogP contribution in [0.1, 0.15) is 12.5 Å². The van der Waals surface area contributed by atoms with Crippen molar-refractivity contribution in [2.45, 2.75) is 13.0 Å². The van der Waals surface area contributed by atoms with E-state index in [0.29, 0.717) is 5.56 Å². The monoisotopic (exact) mass is 197 g/mol. The van der Waals surface area contributed by atoms with Crippen molar-refractivity contribution in [2.75, 3.05) is 5.01 Å². The Morgan fingerprint density at radius 2 is 2.07 bits per heavy atom. The van der Waals surface area contributed by atoms with E-state index in [2.05, 4.69) is 24.2 Å². The second kappa shape index (κ2) is 3.97. The number of hydrogen-bond acceptors (Lipinski definition) is 3. The molecule has 0 saturated carbocycles. The number of allylic oxidation sites excluding steroid dienone is 1. The molecule has 1 aromatic rings. The Balaban J connectivity index is 2.27. The van der Waals surface area contributed by atoms with Crippen LogP contribution >= 0.6 is 0 Å². The normalized spacial score (nSPS) is 18.9. The summed E-state index contributed by atoms with van der Waals surface area (Å²) in [7, 11) is 0. The molecule has 0 N–H and O–H groups in total. The highest BCUT2D eigenvalue weighted by atomic mass is 15.5. The van der Waals surface area contributed by atoms with Crippen molar-refractivity contribution < 1.29 is 0 Å². The van der Waals surface area contributed by atoms with E-state index in [-0.39, 0.29) is 6.04 Å². The van der Waals surface area contributed by atoms with Crippen molar-refractivity contribution in [3.8, 4) is 6.07 Å². The van der Waals surface area contributed by atoms with Gasteiger partial charge in [-0.2, -0.15) is 10.4 Å². The summed E-state index contributed by atoms with van der Waals surface area (Å²) < 4.78 is 0. The van der Waals surface area contributed by atoms with Crippen LogP contribution in [0.5, 0.6) is 0 Å². The van der Waals surface area contributed by atoms with Crippen LogP contribution in [0.25, 0.3) is 0 Å². The summed E-state index contributed by atoms with van der Waals surface area (Å²) in [6, 6.07) is 9.77. The number of hydrazone groups is 1. The molecule has 1 aromatic carbocycles. The number of anilines is 1. The SMILES string of the molecule is CC1C=CC=NN1c1ccc(C#N)cc1. The Kier molecular flexibility index (Phi) is 2.51. The molecule has 1 aliphatic rings. The Labute approximate surface area is 88.9 Å². The first-order valence-corrected chi connectivity index (χ1v) is 4.81. The fourth-order valence-electron chi connectivity index (χ4n) is 1.50. The van der Waals surface area contributed by atoms with Crippen molar-refractivity contribution in [3.63, 3.8) is 0 Å². The van der Waals surface area contributed by atoms with E-state index in [4.69, 9.17) is 5.26 Å². The maximum absolute atomic E-state index is 8.69. The van der Waals surface area contributed by atoms with Crippen LogP contribution in [0.4, 0.5) is 5.69 Å². The topological polar surface area (TPSA) is 39.4 Å². The van der Waals surface area contributed by atoms with Gasteiger partial charge in [0, 0.05) is 6.21 Å². The van der Waals surface area contributed by atoms with Gasteiger partial charge in [-0.25, -0.2) is 0 Å². The van der Waals surface area contributed by atoms with E-state index in [1.807, 2.05) is 23.2 Å². The minimum Gasteiger partial charge on any atom is -0.259 e. The lowest BCUT2D eigenvalue weighted by atomic mass is 10.2. The van der Waals surface area contributed by atoms with Gasteiger partial charge in [0.05, 0.1) is 23.4 Å². The zero-order chi connectivity index (χ0) is 10.7. The number of benzene rings is 1. The fraction of sp³-hybridized carbons (Fsp3) is 0.167. The van der Waals surface area contributed by atoms with Crippen LogP contribution in [-0.4, -0.2) is 12.3 Å². The first-order chi connectivity index (χ1) is 7.31. The molecule has 0 spiro atoms. The first kappa shape index (κ1) is 9.47. The number of nitriles is 1. The van der Waals surface area contributed by atoms with Crippen molar-refractivity contribution >= 4 is 11.9 Å². The van der Waals surface area contributed by atoms with E-state index in [9.17, 15) is 0 Å². The highest BCUT2D eigenvalue weighted by molar-refractivity contribution is 5.74. The minimum absolute atomic E-state index is 0.253. The molecule has 0 aliphatic carbocycles. The van der Waals surface area contributed by atoms with E-state index in [0.717, 1.165) is 5.69 Å². The lowest BCUT2D eigenvalue weighted by molar-refractivity contribution is 0.768. The van der Waals surface area contributed by atoms with E-state index in [1.54, 1.807) is 18.3 Å². The molecule has 2 rings (SSSR count). The van der Waals surface area contributed by atoms with Gasteiger partial charge in [0.1, 0.15) is 0 Å². The maximum Gasteiger partial charge on any atom is 0.0991 e. The highest BCUT2D eigenvalue weighted by Gasteiger charge is 2.12. The third kappa shape index (κ3) is 1.89. The second-order valence-corrected chi connectivity index (χ2v) is 3.39. The molecule has 1 heterocycles. The zero-order valence-electron chi connectivity index (χ0n) is 8.46. The molecular weight excluding hydrogens is 186 g/mol. The van der Waals surface area contributed by atoms with E-state index >= 15 is 0 Å². The van der Waals surface area contributed by atoms with Gasteiger partial charge in [0.25, 0.3) is 0 Å². The molecule has 0 bridgehead atoms. The van der Waals surface area contributed by atoms with Crippen molar-refractivity contribution in [1.82, 2.24) is 0 Å². The number of hydrogen-bond donors (Lipinski definition) is 0. The van der Waals surface area contributed by atoms with Crippen LogP contribution in [0.15, 0.2) is 41.5 Å². The van der Waals surface area contributed by atoms with Crippen LogP contribution in [-0.2, 0) is 0 Å². The van der Waals surface area contributed by atoms with Crippen molar-refractivity contribution in [2.24, 2.45) is 5.10 Å². The average Bonchev–Trinajstić information content (AvgIpc) is 2.30. The molecule has 1 aliphatic heterocycles. The number of rotatable bonds is 1. The van der Waals surface area contributed by atoms with Gasteiger partial charge in [-0.15, -0.1) is 0 Å². The van der Waals surface area contributed by atoms with Crippen LogP contribution in [0, 0.1) is 11.3 Å².